The molecule has 6 nitrogen and oxygen atoms in total. The fraction of sp³-hybridized carbons (Fsp3) is 0.227. The lowest BCUT2D eigenvalue weighted by Crippen LogP contribution is -2.49. The van der Waals surface area contributed by atoms with Crippen molar-refractivity contribution in [3.05, 3.63) is 59.1 Å². The summed E-state index contributed by atoms with van der Waals surface area (Å²) in [6.07, 6.45) is 2.18. The summed E-state index contributed by atoms with van der Waals surface area (Å²) in [5, 5.41) is 3.57. The Morgan fingerprint density at radius 3 is 2.76 bits per heavy atom. The van der Waals surface area contributed by atoms with Gasteiger partial charge in [-0.2, -0.15) is 0 Å². The predicted octanol–water partition coefficient (Wildman–Crippen LogP) is 3.19. The van der Waals surface area contributed by atoms with Crippen molar-refractivity contribution in [3.8, 4) is 5.75 Å². The van der Waals surface area contributed by atoms with E-state index in [1.165, 1.54) is 0 Å². The van der Waals surface area contributed by atoms with Gasteiger partial charge >= 0.3 is 0 Å². The van der Waals surface area contributed by atoms with Gasteiger partial charge in [-0.1, -0.05) is 24.3 Å². The van der Waals surface area contributed by atoms with Gasteiger partial charge in [-0.25, -0.2) is 4.98 Å². The SMILES string of the molecule is COc1ccc(/C=C(/CC(=O)N2CCNC(=O)C2)c2nc3ccccc3s2)cc1. The minimum Gasteiger partial charge on any atom is -0.497 e. The number of rotatable bonds is 5. The third kappa shape index (κ3) is 4.46. The monoisotopic (exact) mass is 407 g/mol. The van der Waals surface area contributed by atoms with Gasteiger partial charge in [0.05, 0.1) is 30.3 Å². The highest BCUT2D eigenvalue weighted by Gasteiger charge is 2.23. The topological polar surface area (TPSA) is 71.5 Å². The Hall–Kier alpha value is -3.19. The molecule has 0 radical (unpaired) electrons. The zero-order chi connectivity index (χ0) is 20.2. The van der Waals surface area contributed by atoms with Gasteiger partial charge in [0.25, 0.3) is 0 Å². The number of amides is 2. The molecule has 3 aromatic rings. The largest absolute Gasteiger partial charge is 0.497 e. The van der Waals surface area contributed by atoms with Gasteiger partial charge in [0.15, 0.2) is 0 Å². The summed E-state index contributed by atoms with van der Waals surface area (Å²) in [6, 6.07) is 15.6. The second kappa shape index (κ2) is 8.45. The van der Waals surface area contributed by atoms with Gasteiger partial charge in [0.2, 0.25) is 11.8 Å². The summed E-state index contributed by atoms with van der Waals surface area (Å²) in [5.74, 6) is 0.586. The summed E-state index contributed by atoms with van der Waals surface area (Å²) in [5.41, 5.74) is 2.72. The van der Waals surface area contributed by atoms with Gasteiger partial charge in [-0.3, -0.25) is 9.59 Å². The minimum absolute atomic E-state index is 0.0705. The molecule has 1 fully saturated rings. The summed E-state index contributed by atoms with van der Waals surface area (Å²) in [6.45, 7) is 1.12. The van der Waals surface area contributed by atoms with Crippen LogP contribution in [0.5, 0.6) is 5.75 Å². The number of methoxy groups -OCH3 is 1. The Kier molecular flexibility index (Phi) is 5.57. The van der Waals surface area contributed by atoms with Crippen molar-refractivity contribution in [1.82, 2.24) is 15.2 Å². The molecule has 2 heterocycles. The summed E-state index contributed by atoms with van der Waals surface area (Å²) >= 11 is 1.57. The number of hydrogen-bond acceptors (Lipinski definition) is 5. The van der Waals surface area contributed by atoms with Gasteiger partial charge in [0, 0.05) is 13.1 Å². The molecule has 0 unspecified atom stereocenters. The van der Waals surface area contributed by atoms with Gasteiger partial charge in [-0.15, -0.1) is 11.3 Å². The van der Waals surface area contributed by atoms with Crippen molar-refractivity contribution in [2.45, 2.75) is 6.42 Å². The standard InChI is InChI=1S/C22H21N3O3S/c1-28-17-8-6-15(7-9-17)12-16(13-21(27)25-11-10-23-20(26)14-25)22-24-18-4-2-3-5-19(18)29-22/h2-9,12H,10-11,13-14H2,1H3,(H,23,26)/b16-12-. The number of carbonyl (C=O) groups is 2. The number of piperazine rings is 1. The molecule has 4 rings (SSSR count). The number of thiazole rings is 1. The first-order valence-corrected chi connectivity index (χ1v) is 10.2. The zero-order valence-corrected chi connectivity index (χ0v) is 16.9. The van der Waals surface area contributed by atoms with Crippen molar-refractivity contribution in [2.24, 2.45) is 0 Å². The third-order valence-electron chi connectivity index (χ3n) is 4.76. The molecule has 148 valence electrons. The number of benzene rings is 2. The second-order valence-corrected chi connectivity index (χ2v) is 7.80. The molecule has 0 saturated carbocycles. The van der Waals surface area contributed by atoms with Crippen LogP contribution in [0, 0.1) is 0 Å². The molecule has 2 amide bonds. The Morgan fingerprint density at radius 1 is 1.24 bits per heavy atom. The summed E-state index contributed by atoms with van der Waals surface area (Å²) in [7, 11) is 1.63. The molecular weight excluding hydrogens is 386 g/mol. The molecule has 29 heavy (non-hydrogen) atoms. The highest BCUT2D eigenvalue weighted by Crippen LogP contribution is 2.31. The van der Waals surface area contributed by atoms with E-state index in [1.54, 1.807) is 23.3 Å². The van der Waals surface area contributed by atoms with E-state index < -0.39 is 0 Å². The highest BCUT2D eigenvalue weighted by molar-refractivity contribution is 7.19. The molecule has 0 bridgehead atoms. The van der Waals surface area contributed by atoms with Crippen LogP contribution < -0.4 is 10.1 Å². The quantitative estimate of drug-likeness (QED) is 0.705. The Labute approximate surface area is 172 Å². The van der Waals surface area contributed by atoms with Crippen molar-refractivity contribution in [1.29, 1.82) is 0 Å². The normalized spacial score (nSPS) is 14.7. The Bertz CT molecular complexity index is 1040. The number of para-hydroxylation sites is 1. The van der Waals surface area contributed by atoms with Crippen LogP contribution in [-0.4, -0.2) is 48.4 Å². The third-order valence-corrected chi connectivity index (χ3v) is 5.87. The van der Waals surface area contributed by atoms with E-state index in [0.717, 1.165) is 32.1 Å². The molecular formula is C22H21N3O3S. The van der Waals surface area contributed by atoms with Crippen molar-refractivity contribution >= 4 is 45.0 Å². The van der Waals surface area contributed by atoms with Crippen LogP contribution in [0.1, 0.15) is 17.0 Å². The Balaban J connectivity index is 1.66. The lowest BCUT2D eigenvalue weighted by atomic mass is 10.1. The van der Waals surface area contributed by atoms with Crippen LogP contribution in [0.3, 0.4) is 0 Å². The molecule has 1 N–H and O–H groups in total. The van der Waals surface area contributed by atoms with Gasteiger partial charge in [-0.05, 0) is 41.5 Å². The number of aromatic nitrogens is 1. The zero-order valence-electron chi connectivity index (χ0n) is 16.1. The average Bonchev–Trinajstić information content (AvgIpc) is 3.18. The summed E-state index contributed by atoms with van der Waals surface area (Å²) < 4.78 is 6.30. The molecule has 0 spiro atoms. The maximum Gasteiger partial charge on any atom is 0.239 e. The van der Waals surface area contributed by atoms with Crippen LogP contribution in [-0.2, 0) is 9.59 Å². The molecule has 1 aliphatic rings. The number of ether oxygens (including phenoxy) is 1. The van der Waals surface area contributed by atoms with Crippen LogP contribution in [0.15, 0.2) is 48.5 Å². The Morgan fingerprint density at radius 2 is 2.03 bits per heavy atom. The fourth-order valence-corrected chi connectivity index (χ4v) is 4.20. The first kappa shape index (κ1) is 19.1. The van der Waals surface area contributed by atoms with Crippen molar-refractivity contribution in [3.63, 3.8) is 0 Å². The fourth-order valence-electron chi connectivity index (χ4n) is 3.23. The van der Waals surface area contributed by atoms with E-state index in [0.29, 0.717) is 13.1 Å². The minimum atomic E-state index is -0.120. The lowest BCUT2D eigenvalue weighted by molar-refractivity contribution is -0.137. The van der Waals surface area contributed by atoms with Crippen LogP contribution in [0.2, 0.25) is 0 Å². The molecule has 0 aliphatic carbocycles. The first-order chi connectivity index (χ1) is 14.1. The van der Waals surface area contributed by atoms with Crippen molar-refractivity contribution in [2.75, 3.05) is 26.7 Å². The summed E-state index contributed by atoms with van der Waals surface area (Å²) in [4.78, 5) is 30.9. The maximum atomic E-state index is 12.9. The number of nitrogens with one attached hydrogen (secondary N) is 1. The van der Waals surface area contributed by atoms with E-state index in [1.807, 2.05) is 54.6 Å². The number of carbonyl (C=O) groups excluding carboxylic acids is 2. The molecule has 1 aromatic heterocycles. The van der Waals surface area contributed by atoms with E-state index in [9.17, 15) is 9.59 Å². The van der Waals surface area contributed by atoms with Crippen LogP contribution in [0.4, 0.5) is 0 Å². The average molecular weight is 407 g/mol. The van der Waals surface area contributed by atoms with E-state index in [-0.39, 0.29) is 24.8 Å². The van der Waals surface area contributed by atoms with Crippen molar-refractivity contribution < 1.29 is 14.3 Å². The molecule has 2 aromatic carbocycles. The molecule has 1 aliphatic heterocycles. The smallest absolute Gasteiger partial charge is 0.239 e. The van der Waals surface area contributed by atoms with Crippen LogP contribution in [0.25, 0.3) is 21.9 Å². The number of fused-ring (bicyclic) bond motifs is 1. The van der Waals surface area contributed by atoms with E-state index in [4.69, 9.17) is 9.72 Å². The lowest BCUT2D eigenvalue weighted by Gasteiger charge is -2.26. The van der Waals surface area contributed by atoms with E-state index in [2.05, 4.69) is 5.32 Å². The second-order valence-electron chi connectivity index (χ2n) is 6.77. The number of hydrogen-bond donors (Lipinski definition) is 1. The van der Waals surface area contributed by atoms with E-state index >= 15 is 0 Å². The van der Waals surface area contributed by atoms with Crippen LogP contribution >= 0.6 is 11.3 Å². The first-order valence-electron chi connectivity index (χ1n) is 9.37. The molecule has 1 saturated heterocycles. The predicted molar refractivity (Wildman–Crippen MR) is 115 cm³/mol. The number of nitrogens with zero attached hydrogens (tertiary/aromatic N) is 2. The maximum absolute atomic E-state index is 12.9. The van der Waals surface area contributed by atoms with Gasteiger partial charge in [0.1, 0.15) is 10.8 Å². The molecule has 7 heteroatoms. The van der Waals surface area contributed by atoms with Gasteiger partial charge < -0.3 is 15.0 Å². The highest BCUT2D eigenvalue weighted by atomic mass is 32.1. The molecule has 0 atom stereocenters.